The van der Waals surface area contributed by atoms with Crippen LogP contribution >= 0.6 is 11.3 Å². The summed E-state index contributed by atoms with van der Waals surface area (Å²) in [5.41, 5.74) is 1.16. The largest absolute Gasteiger partial charge is 0.374 e. The van der Waals surface area contributed by atoms with E-state index >= 15 is 0 Å². The number of anilines is 1. The molecule has 118 valence electrons. The Balaban J connectivity index is 1.54. The SMILES string of the molecule is Cc1nc(CN2CCO[C@@H](CN(C)c3cccnn3)C2)cs1. The molecule has 0 aliphatic carbocycles. The molecule has 0 aromatic carbocycles. The number of thiazole rings is 1. The first-order valence-corrected chi connectivity index (χ1v) is 8.32. The van der Waals surface area contributed by atoms with Crippen molar-refractivity contribution in [3.05, 3.63) is 34.4 Å². The first kappa shape index (κ1) is 15.3. The summed E-state index contributed by atoms with van der Waals surface area (Å²) in [6.45, 7) is 6.40. The number of nitrogens with zero attached hydrogens (tertiary/aromatic N) is 5. The highest BCUT2D eigenvalue weighted by Gasteiger charge is 2.22. The fraction of sp³-hybridized carbons (Fsp3) is 0.533. The molecule has 0 bridgehead atoms. The second-order valence-electron chi connectivity index (χ2n) is 5.55. The predicted octanol–water partition coefficient (Wildman–Crippen LogP) is 1.58. The molecule has 0 unspecified atom stereocenters. The van der Waals surface area contributed by atoms with Crippen molar-refractivity contribution >= 4 is 17.2 Å². The standard InChI is InChI=1S/C15H21N5OS/c1-12-17-13(11-22-12)8-20-6-7-21-14(10-20)9-19(2)15-4-3-5-16-18-15/h3-5,11,14H,6-10H2,1-2H3/t14-/m0/s1. The van der Waals surface area contributed by atoms with Crippen molar-refractivity contribution in [1.82, 2.24) is 20.1 Å². The number of rotatable bonds is 5. The molecule has 3 rings (SSSR count). The third-order valence-corrected chi connectivity index (χ3v) is 4.52. The Hall–Kier alpha value is -1.57. The summed E-state index contributed by atoms with van der Waals surface area (Å²) in [6, 6.07) is 3.86. The van der Waals surface area contributed by atoms with E-state index < -0.39 is 0 Å². The fourth-order valence-electron chi connectivity index (χ4n) is 2.64. The molecule has 0 saturated carbocycles. The Morgan fingerprint density at radius 1 is 1.50 bits per heavy atom. The van der Waals surface area contributed by atoms with Crippen LogP contribution < -0.4 is 4.90 Å². The molecule has 6 nitrogen and oxygen atoms in total. The van der Waals surface area contributed by atoms with Crippen LogP contribution in [0.2, 0.25) is 0 Å². The molecule has 0 amide bonds. The van der Waals surface area contributed by atoms with Gasteiger partial charge in [-0.15, -0.1) is 16.4 Å². The van der Waals surface area contributed by atoms with Crippen LogP contribution in [0.25, 0.3) is 0 Å². The zero-order chi connectivity index (χ0) is 15.4. The van der Waals surface area contributed by atoms with Crippen molar-refractivity contribution in [2.24, 2.45) is 0 Å². The van der Waals surface area contributed by atoms with Crippen LogP contribution in [0.15, 0.2) is 23.7 Å². The smallest absolute Gasteiger partial charge is 0.151 e. The van der Waals surface area contributed by atoms with Crippen LogP contribution in [0.1, 0.15) is 10.7 Å². The lowest BCUT2D eigenvalue weighted by Gasteiger charge is -2.34. The molecule has 1 saturated heterocycles. The van der Waals surface area contributed by atoms with Gasteiger partial charge in [0.1, 0.15) is 0 Å². The highest BCUT2D eigenvalue weighted by atomic mass is 32.1. The maximum Gasteiger partial charge on any atom is 0.151 e. The maximum absolute atomic E-state index is 5.89. The summed E-state index contributed by atoms with van der Waals surface area (Å²) >= 11 is 1.71. The zero-order valence-electron chi connectivity index (χ0n) is 13.0. The van der Waals surface area contributed by atoms with Crippen LogP contribution in [0.5, 0.6) is 0 Å². The van der Waals surface area contributed by atoms with Crippen molar-refractivity contribution in [2.45, 2.75) is 19.6 Å². The molecule has 2 aromatic rings. The molecule has 22 heavy (non-hydrogen) atoms. The van der Waals surface area contributed by atoms with Gasteiger partial charge in [0, 0.05) is 44.8 Å². The minimum absolute atomic E-state index is 0.181. The highest BCUT2D eigenvalue weighted by Crippen LogP contribution is 2.15. The van der Waals surface area contributed by atoms with E-state index in [1.165, 1.54) is 0 Å². The maximum atomic E-state index is 5.89. The predicted molar refractivity (Wildman–Crippen MR) is 87.2 cm³/mol. The molecule has 1 aliphatic heterocycles. The van der Waals surface area contributed by atoms with Crippen LogP contribution in [-0.2, 0) is 11.3 Å². The van der Waals surface area contributed by atoms with Gasteiger partial charge >= 0.3 is 0 Å². The third kappa shape index (κ3) is 4.00. The van der Waals surface area contributed by atoms with Gasteiger partial charge in [-0.2, -0.15) is 5.10 Å². The van der Waals surface area contributed by atoms with Gasteiger partial charge in [0.2, 0.25) is 0 Å². The highest BCUT2D eigenvalue weighted by molar-refractivity contribution is 7.09. The lowest BCUT2D eigenvalue weighted by Crippen LogP contribution is -2.46. The Morgan fingerprint density at radius 2 is 2.41 bits per heavy atom. The van der Waals surface area contributed by atoms with Crippen LogP contribution in [-0.4, -0.2) is 59.5 Å². The number of ether oxygens (including phenoxy) is 1. The van der Waals surface area contributed by atoms with Gasteiger partial charge in [-0.05, 0) is 19.1 Å². The number of morpholine rings is 1. The molecule has 1 atom stereocenters. The summed E-state index contributed by atoms with van der Waals surface area (Å²) in [5.74, 6) is 0.873. The van der Waals surface area contributed by atoms with E-state index in [1.54, 1.807) is 17.5 Å². The second kappa shape index (κ2) is 7.13. The topological polar surface area (TPSA) is 54.4 Å². The van der Waals surface area contributed by atoms with Gasteiger partial charge in [-0.3, -0.25) is 4.90 Å². The number of hydrogen-bond donors (Lipinski definition) is 0. The number of likely N-dealkylation sites (N-methyl/N-ethyl adjacent to an activating group) is 1. The van der Waals surface area contributed by atoms with Crippen LogP contribution in [0, 0.1) is 6.92 Å². The minimum Gasteiger partial charge on any atom is -0.374 e. The average molecular weight is 319 g/mol. The van der Waals surface area contributed by atoms with E-state index in [1.807, 2.05) is 26.1 Å². The van der Waals surface area contributed by atoms with Gasteiger partial charge in [0.25, 0.3) is 0 Å². The molecular formula is C15H21N5OS. The van der Waals surface area contributed by atoms with Crippen LogP contribution in [0.4, 0.5) is 5.82 Å². The summed E-state index contributed by atoms with van der Waals surface area (Å²) < 4.78 is 5.89. The van der Waals surface area contributed by atoms with E-state index in [4.69, 9.17) is 4.74 Å². The second-order valence-corrected chi connectivity index (χ2v) is 6.61. The van der Waals surface area contributed by atoms with E-state index in [0.29, 0.717) is 0 Å². The first-order chi connectivity index (χ1) is 10.7. The Morgan fingerprint density at radius 3 is 3.14 bits per heavy atom. The zero-order valence-corrected chi connectivity index (χ0v) is 13.8. The molecule has 0 N–H and O–H groups in total. The molecule has 1 aliphatic rings. The lowest BCUT2D eigenvalue weighted by atomic mass is 10.2. The van der Waals surface area contributed by atoms with Crippen molar-refractivity contribution in [2.75, 3.05) is 38.2 Å². The lowest BCUT2D eigenvalue weighted by molar-refractivity contribution is -0.0268. The third-order valence-electron chi connectivity index (χ3n) is 3.70. The summed E-state index contributed by atoms with van der Waals surface area (Å²) in [5, 5.41) is 11.3. The molecule has 3 heterocycles. The molecule has 2 aromatic heterocycles. The van der Waals surface area contributed by atoms with Gasteiger partial charge in [-0.25, -0.2) is 4.98 Å². The Bertz CT molecular complexity index is 591. The van der Waals surface area contributed by atoms with E-state index in [9.17, 15) is 0 Å². The number of aryl methyl sites for hydroxylation is 1. The molecular weight excluding hydrogens is 298 g/mol. The number of hydrogen-bond acceptors (Lipinski definition) is 7. The normalized spacial score (nSPS) is 19.3. The summed E-state index contributed by atoms with van der Waals surface area (Å²) in [4.78, 5) is 9.05. The fourth-order valence-corrected chi connectivity index (χ4v) is 3.24. The number of aromatic nitrogens is 3. The molecule has 7 heteroatoms. The molecule has 0 spiro atoms. The van der Waals surface area contributed by atoms with Gasteiger partial charge < -0.3 is 9.64 Å². The van der Waals surface area contributed by atoms with E-state index in [2.05, 4.69) is 30.4 Å². The quantitative estimate of drug-likeness (QED) is 0.834. The first-order valence-electron chi connectivity index (χ1n) is 7.44. The van der Waals surface area contributed by atoms with Crippen molar-refractivity contribution in [3.8, 4) is 0 Å². The van der Waals surface area contributed by atoms with E-state index in [-0.39, 0.29) is 6.10 Å². The average Bonchev–Trinajstić information content (AvgIpc) is 2.93. The monoisotopic (exact) mass is 319 g/mol. The molecule has 0 radical (unpaired) electrons. The summed E-state index contributed by atoms with van der Waals surface area (Å²) in [6.07, 6.45) is 1.87. The van der Waals surface area contributed by atoms with E-state index in [0.717, 1.165) is 49.3 Å². The van der Waals surface area contributed by atoms with Gasteiger partial charge in [-0.1, -0.05) is 0 Å². The van der Waals surface area contributed by atoms with Crippen molar-refractivity contribution < 1.29 is 4.74 Å². The summed E-state index contributed by atoms with van der Waals surface area (Å²) in [7, 11) is 2.02. The van der Waals surface area contributed by atoms with Gasteiger partial charge in [0.05, 0.1) is 23.4 Å². The minimum atomic E-state index is 0.181. The van der Waals surface area contributed by atoms with Crippen LogP contribution in [0.3, 0.4) is 0 Å². The Kier molecular flexibility index (Phi) is 4.97. The van der Waals surface area contributed by atoms with Crippen molar-refractivity contribution in [1.29, 1.82) is 0 Å². The van der Waals surface area contributed by atoms with Crippen molar-refractivity contribution in [3.63, 3.8) is 0 Å². The Labute approximate surface area is 134 Å². The van der Waals surface area contributed by atoms with Gasteiger partial charge in [0.15, 0.2) is 5.82 Å². The molecule has 1 fully saturated rings.